The van der Waals surface area contributed by atoms with E-state index >= 15 is 0 Å². The number of aliphatic hydroxyl groups is 1. The monoisotopic (exact) mass is 229 g/mol. The van der Waals surface area contributed by atoms with E-state index in [1.54, 1.807) is 0 Å². The third kappa shape index (κ3) is 2.18. The van der Waals surface area contributed by atoms with Crippen molar-refractivity contribution in [3.05, 3.63) is 40.6 Å². The van der Waals surface area contributed by atoms with E-state index in [2.05, 4.69) is 31.0 Å². The van der Waals surface area contributed by atoms with Crippen molar-refractivity contribution in [3.8, 4) is 0 Å². The van der Waals surface area contributed by atoms with Crippen molar-refractivity contribution in [3.63, 3.8) is 0 Å². The van der Waals surface area contributed by atoms with Gasteiger partial charge < -0.3 is 5.11 Å². The van der Waals surface area contributed by atoms with E-state index in [0.29, 0.717) is 0 Å². The third-order valence-electron chi connectivity index (χ3n) is 3.21. The highest BCUT2D eigenvalue weighted by atomic mass is 16.3. The first kappa shape index (κ1) is 12.1. The maximum atomic E-state index is 10.2. The van der Waals surface area contributed by atoms with Crippen molar-refractivity contribution in [2.75, 3.05) is 0 Å². The molecule has 1 heterocycles. The summed E-state index contributed by atoms with van der Waals surface area (Å²) in [6, 6.07) is 6.18. The van der Waals surface area contributed by atoms with E-state index in [0.717, 1.165) is 22.2 Å². The molecule has 0 saturated carbocycles. The first-order valence-corrected chi connectivity index (χ1v) is 5.90. The molecule has 1 aromatic heterocycles. The van der Waals surface area contributed by atoms with Crippen molar-refractivity contribution in [1.29, 1.82) is 0 Å². The molecule has 1 N–H and O–H groups in total. The van der Waals surface area contributed by atoms with Crippen LogP contribution in [0.1, 0.15) is 36.2 Å². The summed E-state index contributed by atoms with van der Waals surface area (Å²) in [5.41, 5.74) is 4.48. The Morgan fingerprint density at radius 1 is 1.00 bits per heavy atom. The number of rotatable bonds is 1. The van der Waals surface area contributed by atoms with E-state index in [1.807, 2.05) is 26.8 Å². The molecule has 0 unspecified atom stereocenters. The van der Waals surface area contributed by atoms with Crippen LogP contribution in [0, 0.1) is 20.8 Å². The van der Waals surface area contributed by atoms with E-state index in [4.69, 9.17) is 0 Å². The topological polar surface area (TPSA) is 33.1 Å². The third-order valence-corrected chi connectivity index (χ3v) is 3.21. The van der Waals surface area contributed by atoms with Gasteiger partial charge >= 0.3 is 0 Å². The molecule has 17 heavy (non-hydrogen) atoms. The van der Waals surface area contributed by atoms with Crippen molar-refractivity contribution in [2.24, 2.45) is 0 Å². The van der Waals surface area contributed by atoms with Crippen LogP contribution in [0.4, 0.5) is 0 Å². The van der Waals surface area contributed by atoms with Crippen LogP contribution in [0.25, 0.3) is 10.9 Å². The van der Waals surface area contributed by atoms with E-state index in [-0.39, 0.29) is 0 Å². The first-order valence-electron chi connectivity index (χ1n) is 5.90. The highest BCUT2D eigenvalue weighted by Crippen LogP contribution is 2.29. The van der Waals surface area contributed by atoms with Gasteiger partial charge in [0.05, 0.1) is 11.1 Å². The fourth-order valence-electron chi connectivity index (χ4n) is 2.12. The fraction of sp³-hybridized carbons (Fsp3) is 0.400. The van der Waals surface area contributed by atoms with Crippen molar-refractivity contribution in [2.45, 2.75) is 40.2 Å². The summed E-state index contributed by atoms with van der Waals surface area (Å²) in [6.45, 7) is 9.77. The minimum absolute atomic E-state index is 0.840. The summed E-state index contributed by atoms with van der Waals surface area (Å²) in [6.07, 6.45) is 0. The van der Waals surface area contributed by atoms with E-state index < -0.39 is 5.60 Å². The number of hydrogen-bond acceptors (Lipinski definition) is 2. The second kappa shape index (κ2) is 3.81. The molecule has 0 aliphatic heterocycles. The summed E-state index contributed by atoms with van der Waals surface area (Å²) in [5, 5.41) is 11.3. The molecule has 2 rings (SSSR count). The van der Waals surface area contributed by atoms with Gasteiger partial charge in [-0.05, 0) is 69.5 Å². The second-order valence-electron chi connectivity index (χ2n) is 5.32. The number of benzene rings is 1. The van der Waals surface area contributed by atoms with Crippen molar-refractivity contribution in [1.82, 2.24) is 4.98 Å². The Balaban J connectivity index is 2.88. The van der Waals surface area contributed by atoms with Crippen molar-refractivity contribution >= 4 is 10.9 Å². The van der Waals surface area contributed by atoms with Gasteiger partial charge in [0.1, 0.15) is 0 Å². The average Bonchev–Trinajstić information content (AvgIpc) is 2.18. The van der Waals surface area contributed by atoms with Crippen LogP contribution >= 0.6 is 0 Å². The zero-order chi connectivity index (χ0) is 12.8. The average molecular weight is 229 g/mol. The van der Waals surface area contributed by atoms with Crippen LogP contribution in [0.15, 0.2) is 18.2 Å². The van der Waals surface area contributed by atoms with Gasteiger partial charge in [-0.1, -0.05) is 0 Å². The van der Waals surface area contributed by atoms with Crippen LogP contribution < -0.4 is 0 Å². The largest absolute Gasteiger partial charge is 0.386 e. The fourth-order valence-corrected chi connectivity index (χ4v) is 2.12. The van der Waals surface area contributed by atoms with E-state index in [9.17, 15) is 5.11 Å². The highest BCUT2D eigenvalue weighted by Gasteiger charge is 2.20. The molecule has 0 aliphatic rings. The summed E-state index contributed by atoms with van der Waals surface area (Å²) in [4.78, 5) is 4.54. The Morgan fingerprint density at radius 2 is 1.59 bits per heavy atom. The van der Waals surface area contributed by atoms with Crippen LogP contribution in [-0.2, 0) is 5.60 Å². The highest BCUT2D eigenvalue weighted by molar-refractivity contribution is 5.84. The number of nitrogens with zero attached hydrogens (tertiary/aromatic N) is 1. The molecule has 0 bridgehead atoms. The van der Waals surface area contributed by atoms with Crippen LogP contribution in [-0.4, -0.2) is 10.1 Å². The van der Waals surface area contributed by atoms with Gasteiger partial charge in [0.25, 0.3) is 0 Å². The molecule has 2 aromatic rings. The van der Waals surface area contributed by atoms with Crippen molar-refractivity contribution < 1.29 is 5.11 Å². The molecule has 2 heteroatoms. The predicted octanol–water partition coefficient (Wildman–Crippen LogP) is 3.39. The van der Waals surface area contributed by atoms with Gasteiger partial charge in [0, 0.05) is 11.1 Å². The normalized spacial score (nSPS) is 12.1. The molecular weight excluding hydrogens is 210 g/mol. The molecule has 0 saturated heterocycles. The molecule has 1 aromatic carbocycles. The number of pyridine rings is 1. The quantitative estimate of drug-likeness (QED) is 0.813. The lowest BCUT2D eigenvalue weighted by atomic mass is 9.92. The zero-order valence-corrected chi connectivity index (χ0v) is 11.1. The minimum atomic E-state index is -0.840. The molecule has 90 valence electrons. The maximum absolute atomic E-state index is 10.2. The molecule has 0 fully saturated rings. The van der Waals surface area contributed by atoms with Gasteiger partial charge in [-0.3, -0.25) is 4.98 Å². The van der Waals surface area contributed by atoms with Gasteiger partial charge in [-0.15, -0.1) is 0 Å². The van der Waals surface area contributed by atoms with Gasteiger partial charge in [-0.25, -0.2) is 0 Å². The molecule has 0 aliphatic carbocycles. The molecule has 0 atom stereocenters. The SMILES string of the molecule is Cc1cc(C(C)(C)O)c2cc(C)c(C)cc2n1. The lowest BCUT2D eigenvalue weighted by Crippen LogP contribution is -2.16. The summed E-state index contributed by atoms with van der Waals surface area (Å²) < 4.78 is 0. The lowest BCUT2D eigenvalue weighted by Gasteiger charge is -2.21. The Kier molecular flexibility index (Phi) is 2.70. The standard InChI is InChI=1S/C15H19NO/c1-9-6-12-13(15(4,5)17)8-11(3)16-14(12)7-10(9)2/h6-8,17H,1-5H3. The zero-order valence-electron chi connectivity index (χ0n) is 11.1. The number of fused-ring (bicyclic) bond motifs is 1. The van der Waals surface area contributed by atoms with Crippen LogP contribution in [0.2, 0.25) is 0 Å². The van der Waals surface area contributed by atoms with E-state index in [1.165, 1.54) is 11.1 Å². The number of aromatic nitrogens is 1. The predicted molar refractivity (Wildman–Crippen MR) is 71.2 cm³/mol. The Bertz CT molecular complexity index is 579. The van der Waals surface area contributed by atoms with Gasteiger partial charge in [0.2, 0.25) is 0 Å². The minimum Gasteiger partial charge on any atom is -0.386 e. The van der Waals surface area contributed by atoms with Gasteiger partial charge in [0.15, 0.2) is 0 Å². The molecule has 0 radical (unpaired) electrons. The lowest BCUT2D eigenvalue weighted by molar-refractivity contribution is 0.0800. The summed E-state index contributed by atoms with van der Waals surface area (Å²) in [5.74, 6) is 0. The first-order chi connectivity index (χ1) is 7.79. The molecule has 2 nitrogen and oxygen atoms in total. The van der Waals surface area contributed by atoms with Crippen LogP contribution in [0.5, 0.6) is 0 Å². The summed E-state index contributed by atoms with van der Waals surface area (Å²) in [7, 11) is 0. The van der Waals surface area contributed by atoms with Crippen LogP contribution in [0.3, 0.4) is 0 Å². The molecule has 0 amide bonds. The molecule has 0 spiro atoms. The Morgan fingerprint density at radius 3 is 2.18 bits per heavy atom. The number of hydrogen-bond donors (Lipinski definition) is 1. The Hall–Kier alpha value is -1.41. The molecular formula is C15H19NO. The maximum Gasteiger partial charge on any atom is 0.0847 e. The number of aryl methyl sites for hydroxylation is 3. The Labute approximate surface area is 102 Å². The summed E-state index contributed by atoms with van der Waals surface area (Å²) >= 11 is 0. The van der Waals surface area contributed by atoms with Gasteiger partial charge in [-0.2, -0.15) is 0 Å². The second-order valence-corrected chi connectivity index (χ2v) is 5.32. The smallest absolute Gasteiger partial charge is 0.0847 e.